The molecule has 8 heteroatoms. The van der Waals surface area contributed by atoms with Crippen LogP contribution in [-0.4, -0.2) is 67.8 Å². The number of aromatic nitrogens is 1. The van der Waals surface area contributed by atoms with Gasteiger partial charge in [0.2, 0.25) is 10.0 Å². The highest BCUT2D eigenvalue weighted by Crippen LogP contribution is 2.14. The molecule has 1 fully saturated rings. The van der Waals surface area contributed by atoms with Gasteiger partial charge in [-0.25, -0.2) is 17.7 Å². The van der Waals surface area contributed by atoms with Crippen molar-refractivity contribution in [1.82, 2.24) is 14.2 Å². The van der Waals surface area contributed by atoms with Gasteiger partial charge in [-0.3, -0.25) is 4.90 Å². The first kappa shape index (κ1) is 17.8. The van der Waals surface area contributed by atoms with Crippen LogP contribution in [0.4, 0.5) is 0 Å². The summed E-state index contributed by atoms with van der Waals surface area (Å²) in [5, 5.41) is 3.15. The minimum Gasteiger partial charge on any atom is -0.381 e. The van der Waals surface area contributed by atoms with E-state index in [1.54, 1.807) is 29.7 Å². The van der Waals surface area contributed by atoms with E-state index < -0.39 is 10.0 Å². The van der Waals surface area contributed by atoms with Gasteiger partial charge in [-0.2, -0.15) is 0 Å². The van der Waals surface area contributed by atoms with Gasteiger partial charge in [-0.05, 0) is 26.8 Å². The molecule has 2 heterocycles. The molecule has 0 spiro atoms. The fourth-order valence-electron chi connectivity index (χ4n) is 2.56. The average molecular weight is 348 g/mol. The Morgan fingerprint density at radius 3 is 2.77 bits per heavy atom. The summed E-state index contributed by atoms with van der Waals surface area (Å²) in [5.74, 6) is 0.0504. The van der Waals surface area contributed by atoms with Crippen molar-refractivity contribution in [2.24, 2.45) is 0 Å². The number of hydrogen-bond donors (Lipinski definition) is 0. The van der Waals surface area contributed by atoms with Crippen LogP contribution >= 0.6 is 11.3 Å². The standard InChI is InChI=1S/C14H25N3O3S2/c1-12(20-3)11-22(18,19)17-6-4-5-16(7-8-17)9-14-10-21-13(2)15-14/h10,12H,4-9,11H2,1-3H3. The van der Waals surface area contributed by atoms with E-state index in [-0.39, 0.29) is 11.9 Å². The Bertz CT molecular complexity index is 574. The first-order chi connectivity index (χ1) is 10.4. The van der Waals surface area contributed by atoms with Crippen LogP contribution in [-0.2, 0) is 21.3 Å². The second kappa shape index (κ2) is 7.83. The van der Waals surface area contributed by atoms with E-state index >= 15 is 0 Å². The van der Waals surface area contributed by atoms with Crippen LogP contribution in [0.15, 0.2) is 5.38 Å². The normalized spacial score (nSPS) is 20.0. The molecule has 1 unspecified atom stereocenters. The van der Waals surface area contributed by atoms with Crippen LogP contribution in [0, 0.1) is 6.92 Å². The van der Waals surface area contributed by atoms with Crippen molar-refractivity contribution in [1.29, 1.82) is 0 Å². The number of nitrogens with zero attached hydrogens (tertiary/aromatic N) is 3. The summed E-state index contributed by atoms with van der Waals surface area (Å²) in [6.07, 6.45) is 0.575. The maximum absolute atomic E-state index is 12.4. The number of hydrogen-bond acceptors (Lipinski definition) is 6. The van der Waals surface area contributed by atoms with Crippen LogP contribution in [0.1, 0.15) is 24.0 Å². The minimum absolute atomic E-state index is 0.0504. The zero-order chi connectivity index (χ0) is 16.2. The van der Waals surface area contributed by atoms with Crippen LogP contribution < -0.4 is 0 Å². The molecule has 1 aromatic heterocycles. The first-order valence-electron chi connectivity index (χ1n) is 7.54. The van der Waals surface area contributed by atoms with Crippen molar-refractivity contribution >= 4 is 21.4 Å². The van der Waals surface area contributed by atoms with E-state index in [1.807, 2.05) is 6.92 Å². The molecule has 0 radical (unpaired) electrons. The van der Waals surface area contributed by atoms with Gasteiger partial charge in [0.1, 0.15) is 0 Å². The van der Waals surface area contributed by atoms with Gasteiger partial charge in [-0.15, -0.1) is 11.3 Å². The third kappa shape index (κ3) is 4.99. The molecule has 22 heavy (non-hydrogen) atoms. The molecular weight excluding hydrogens is 322 g/mol. The fraction of sp³-hybridized carbons (Fsp3) is 0.786. The third-order valence-corrected chi connectivity index (χ3v) is 6.71. The minimum atomic E-state index is -3.24. The summed E-state index contributed by atoms with van der Waals surface area (Å²) in [6, 6.07) is 0. The van der Waals surface area contributed by atoms with Crippen molar-refractivity contribution in [2.75, 3.05) is 39.0 Å². The smallest absolute Gasteiger partial charge is 0.216 e. The Morgan fingerprint density at radius 2 is 2.14 bits per heavy atom. The monoisotopic (exact) mass is 347 g/mol. The lowest BCUT2D eigenvalue weighted by Gasteiger charge is -2.22. The SMILES string of the molecule is COC(C)CS(=O)(=O)N1CCCN(Cc2csc(C)n2)CC1. The maximum Gasteiger partial charge on any atom is 0.216 e. The molecule has 0 N–H and O–H groups in total. The predicted molar refractivity (Wildman–Crippen MR) is 88.6 cm³/mol. The second-order valence-corrected chi connectivity index (χ2v) is 8.79. The molecule has 1 saturated heterocycles. The summed E-state index contributed by atoms with van der Waals surface area (Å²) in [4.78, 5) is 6.76. The Balaban J connectivity index is 1.91. The lowest BCUT2D eigenvalue weighted by Crippen LogP contribution is -2.39. The Hall–Kier alpha value is -0.540. The molecule has 0 aromatic carbocycles. The largest absolute Gasteiger partial charge is 0.381 e. The zero-order valence-corrected chi connectivity index (χ0v) is 15.1. The third-order valence-electron chi connectivity index (χ3n) is 3.84. The maximum atomic E-state index is 12.4. The van der Waals surface area contributed by atoms with E-state index in [0.29, 0.717) is 13.1 Å². The highest BCUT2D eigenvalue weighted by atomic mass is 32.2. The van der Waals surface area contributed by atoms with Crippen LogP contribution in [0.3, 0.4) is 0 Å². The Kier molecular flexibility index (Phi) is 6.34. The average Bonchev–Trinajstić information content (AvgIpc) is 2.72. The lowest BCUT2D eigenvalue weighted by atomic mass is 10.3. The predicted octanol–water partition coefficient (Wildman–Crippen LogP) is 1.32. The van der Waals surface area contributed by atoms with Gasteiger partial charge in [0, 0.05) is 38.7 Å². The number of sulfonamides is 1. The van der Waals surface area contributed by atoms with Crippen LogP contribution in [0.25, 0.3) is 0 Å². The van der Waals surface area contributed by atoms with E-state index in [1.165, 1.54) is 0 Å². The van der Waals surface area contributed by atoms with Gasteiger partial charge >= 0.3 is 0 Å². The van der Waals surface area contributed by atoms with E-state index in [4.69, 9.17) is 4.74 Å². The topological polar surface area (TPSA) is 62.7 Å². The quantitative estimate of drug-likeness (QED) is 0.777. The molecule has 0 bridgehead atoms. The van der Waals surface area contributed by atoms with Gasteiger partial charge < -0.3 is 4.74 Å². The molecule has 126 valence electrons. The Labute approximate surface area is 137 Å². The number of rotatable bonds is 6. The molecule has 0 aliphatic carbocycles. The molecule has 1 atom stereocenters. The molecule has 2 rings (SSSR count). The van der Waals surface area contributed by atoms with Gasteiger partial charge in [0.15, 0.2) is 0 Å². The summed E-state index contributed by atoms with van der Waals surface area (Å²) < 4.78 is 31.5. The lowest BCUT2D eigenvalue weighted by molar-refractivity contribution is 0.135. The number of methoxy groups -OCH3 is 1. The van der Waals surface area contributed by atoms with Crippen molar-refractivity contribution < 1.29 is 13.2 Å². The van der Waals surface area contributed by atoms with Gasteiger partial charge in [0.05, 0.1) is 22.6 Å². The summed E-state index contributed by atoms with van der Waals surface area (Å²) in [5.41, 5.74) is 1.08. The van der Waals surface area contributed by atoms with Crippen molar-refractivity contribution in [3.8, 4) is 0 Å². The summed E-state index contributed by atoms with van der Waals surface area (Å²) >= 11 is 1.65. The number of aryl methyl sites for hydroxylation is 1. The van der Waals surface area contributed by atoms with E-state index in [0.717, 1.165) is 36.8 Å². The van der Waals surface area contributed by atoms with E-state index in [9.17, 15) is 8.42 Å². The first-order valence-corrected chi connectivity index (χ1v) is 10.0. The van der Waals surface area contributed by atoms with E-state index in [2.05, 4.69) is 15.3 Å². The summed E-state index contributed by atoms with van der Waals surface area (Å²) in [7, 11) is -1.70. The highest BCUT2D eigenvalue weighted by Gasteiger charge is 2.27. The van der Waals surface area contributed by atoms with Gasteiger partial charge in [0.25, 0.3) is 0 Å². The molecule has 0 amide bonds. The highest BCUT2D eigenvalue weighted by molar-refractivity contribution is 7.89. The van der Waals surface area contributed by atoms with Crippen molar-refractivity contribution in [2.45, 2.75) is 32.9 Å². The number of ether oxygens (including phenoxy) is 1. The molecule has 0 saturated carbocycles. The van der Waals surface area contributed by atoms with Crippen LogP contribution in [0.2, 0.25) is 0 Å². The summed E-state index contributed by atoms with van der Waals surface area (Å²) in [6.45, 7) is 7.37. The second-order valence-electron chi connectivity index (χ2n) is 5.71. The number of thiazole rings is 1. The molecule has 1 aliphatic rings. The van der Waals surface area contributed by atoms with Crippen molar-refractivity contribution in [3.63, 3.8) is 0 Å². The zero-order valence-electron chi connectivity index (χ0n) is 13.5. The molecule has 1 aliphatic heterocycles. The van der Waals surface area contributed by atoms with Crippen LogP contribution in [0.5, 0.6) is 0 Å². The molecular formula is C14H25N3O3S2. The fourth-order valence-corrected chi connectivity index (χ4v) is 4.87. The Morgan fingerprint density at radius 1 is 1.36 bits per heavy atom. The van der Waals surface area contributed by atoms with Crippen molar-refractivity contribution in [3.05, 3.63) is 16.1 Å². The molecule has 1 aromatic rings. The van der Waals surface area contributed by atoms with Gasteiger partial charge in [-0.1, -0.05) is 0 Å². The molecule has 6 nitrogen and oxygen atoms in total.